The van der Waals surface area contributed by atoms with E-state index in [9.17, 15) is 19.5 Å². The summed E-state index contributed by atoms with van der Waals surface area (Å²) in [7, 11) is 0. The third-order valence-corrected chi connectivity index (χ3v) is 5.02. The Bertz CT molecular complexity index is 669. The lowest BCUT2D eigenvalue weighted by atomic mass is 10.1. The lowest BCUT2D eigenvalue weighted by molar-refractivity contribution is -0.140. The number of nitrogens with zero attached hydrogens (tertiary/aromatic N) is 1. The van der Waals surface area contributed by atoms with Gasteiger partial charge in [-0.2, -0.15) is 0 Å². The molecule has 0 spiro atoms. The fourth-order valence-corrected chi connectivity index (χ4v) is 3.60. The molecule has 2 rings (SSSR count). The van der Waals surface area contributed by atoms with Crippen LogP contribution in [0.15, 0.2) is 34.7 Å². The number of amides is 1. The summed E-state index contributed by atoms with van der Waals surface area (Å²) in [6.07, 6.45) is 0.0639. The van der Waals surface area contributed by atoms with Gasteiger partial charge in [-0.15, -0.1) is 23.1 Å². The number of carboxylic acid groups (broad SMARTS) is 2. The lowest BCUT2D eigenvalue weighted by Gasteiger charge is -2.23. The van der Waals surface area contributed by atoms with Crippen LogP contribution in [0.5, 0.6) is 0 Å². The SMILES string of the molecule is C=C1CSC([C@H](NC(=O)Cc2cccs2)C(=O)O)=NC1C(=O)O. The summed E-state index contributed by atoms with van der Waals surface area (Å²) in [6, 6.07) is 1.04. The van der Waals surface area contributed by atoms with Gasteiger partial charge in [-0.25, -0.2) is 9.59 Å². The molecule has 23 heavy (non-hydrogen) atoms. The Morgan fingerprint density at radius 3 is 2.74 bits per heavy atom. The largest absolute Gasteiger partial charge is 0.479 e. The van der Waals surface area contributed by atoms with E-state index in [1.165, 1.54) is 11.3 Å². The third kappa shape index (κ3) is 4.42. The Morgan fingerprint density at radius 1 is 1.43 bits per heavy atom. The van der Waals surface area contributed by atoms with Crippen LogP contribution in [0.3, 0.4) is 0 Å². The first-order valence-corrected chi connectivity index (χ1v) is 8.40. The molecule has 2 atom stereocenters. The molecule has 0 bridgehead atoms. The first-order chi connectivity index (χ1) is 10.9. The van der Waals surface area contributed by atoms with Crippen LogP contribution < -0.4 is 5.32 Å². The van der Waals surface area contributed by atoms with Gasteiger partial charge in [-0.05, 0) is 17.0 Å². The summed E-state index contributed by atoms with van der Waals surface area (Å²) in [4.78, 5) is 39.3. The highest BCUT2D eigenvalue weighted by atomic mass is 32.2. The van der Waals surface area contributed by atoms with E-state index < -0.39 is 29.9 Å². The first-order valence-electron chi connectivity index (χ1n) is 6.54. The Hall–Kier alpha value is -2.13. The van der Waals surface area contributed by atoms with Gasteiger partial charge in [0, 0.05) is 10.6 Å². The Kier molecular flexibility index (Phi) is 5.56. The number of carbonyl (C=O) groups excluding carboxylic acids is 1. The topological polar surface area (TPSA) is 116 Å². The van der Waals surface area contributed by atoms with Crippen molar-refractivity contribution in [2.75, 3.05) is 5.75 Å². The summed E-state index contributed by atoms with van der Waals surface area (Å²) in [5.41, 5.74) is 0.389. The molecule has 7 nitrogen and oxygen atoms in total. The van der Waals surface area contributed by atoms with Crippen LogP contribution in [0.4, 0.5) is 0 Å². The number of hydrogen-bond donors (Lipinski definition) is 3. The number of thiophene rings is 1. The molecule has 3 N–H and O–H groups in total. The van der Waals surface area contributed by atoms with Crippen LogP contribution in [-0.4, -0.2) is 50.9 Å². The Balaban J connectivity index is 2.13. The van der Waals surface area contributed by atoms with Crippen molar-refractivity contribution in [1.82, 2.24) is 5.32 Å². The fraction of sp³-hybridized carbons (Fsp3) is 0.286. The molecule has 1 amide bonds. The minimum absolute atomic E-state index is 0.0639. The molecule has 1 aliphatic rings. The van der Waals surface area contributed by atoms with Crippen molar-refractivity contribution in [3.05, 3.63) is 34.5 Å². The number of thioether (sulfide) groups is 1. The molecule has 1 unspecified atom stereocenters. The highest BCUT2D eigenvalue weighted by molar-refractivity contribution is 8.14. The van der Waals surface area contributed by atoms with Gasteiger partial charge in [0.25, 0.3) is 0 Å². The highest BCUT2D eigenvalue weighted by Gasteiger charge is 2.33. The van der Waals surface area contributed by atoms with Crippen LogP contribution in [0, 0.1) is 0 Å². The van der Waals surface area contributed by atoms with Gasteiger partial charge >= 0.3 is 11.9 Å². The van der Waals surface area contributed by atoms with Crippen LogP contribution in [0.2, 0.25) is 0 Å². The van der Waals surface area contributed by atoms with Crippen molar-refractivity contribution in [2.45, 2.75) is 18.5 Å². The molecule has 0 fully saturated rings. The minimum Gasteiger partial charge on any atom is -0.479 e. The van der Waals surface area contributed by atoms with Crippen LogP contribution in [0.1, 0.15) is 4.88 Å². The van der Waals surface area contributed by atoms with Gasteiger partial charge in [0.1, 0.15) is 5.04 Å². The van der Waals surface area contributed by atoms with Gasteiger partial charge in [0.15, 0.2) is 12.1 Å². The molecule has 0 saturated heterocycles. The molecule has 9 heteroatoms. The number of carbonyl (C=O) groups is 3. The van der Waals surface area contributed by atoms with E-state index in [0.29, 0.717) is 5.57 Å². The molecular formula is C14H14N2O5S2. The highest BCUT2D eigenvalue weighted by Crippen LogP contribution is 2.24. The lowest BCUT2D eigenvalue weighted by Crippen LogP contribution is -2.47. The van der Waals surface area contributed by atoms with Gasteiger partial charge in [0.2, 0.25) is 5.91 Å². The second kappa shape index (κ2) is 7.42. The molecule has 0 radical (unpaired) electrons. The number of carboxylic acids is 2. The predicted molar refractivity (Wildman–Crippen MR) is 88.0 cm³/mol. The second-order valence-electron chi connectivity index (χ2n) is 4.75. The van der Waals surface area contributed by atoms with Crippen LogP contribution in [0.25, 0.3) is 0 Å². The van der Waals surface area contributed by atoms with Crippen molar-refractivity contribution in [2.24, 2.45) is 4.99 Å². The molecule has 1 aliphatic heterocycles. The van der Waals surface area contributed by atoms with E-state index in [2.05, 4.69) is 16.9 Å². The van der Waals surface area contributed by atoms with Crippen molar-refractivity contribution < 1.29 is 24.6 Å². The molecule has 122 valence electrons. The van der Waals surface area contributed by atoms with Crippen molar-refractivity contribution in [1.29, 1.82) is 0 Å². The predicted octanol–water partition coefficient (Wildman–Crippen LogP) is 1.01. The number of rotatable bonds is 6. The number of nitrogens with one attached hydrogen (secondary N) is 1. The molecule has 1 aromatic heterocycles. The second-order valence-corrected chi connectivity index (χ2v) is 6.78. The van der Waals surface area contributed by atoms with Gasteiger partial charge in [-0.3, -0.25) is 9.79 Å². The average Bonchev–Trinajstić information content (AvgIpc) is 2.97. The minimum atomic E-state index is -1.36. The van der Waals surface area contributed by atoms with Crippen molar-refractivity contribution in [3.8, 4) is 0 Å². The number of aliphatic carboxylic acids is 2. The van der Waals surface area contributed by atoms with Gasteiger partial charge in [-0.1, -0.05) is 12.6 Å². The zero-order valence-electron chi connectivity index (χ0n) is 11.9. The molecule has 2 heterocycles. The standard InChI is InChI=1S/C14H14N2O5S2/c1-7-6-23-12(16-10(7)13(18)19)11(14(20)21)15-9(17)5-8-3-2-4-22-8/h2-4,10-11H,1,5-6H2,(H,15,17)(H,18,19)(H,20,21)/t10?,11-/m0/s1. The maximum Gasteiger partial charge on any atom is 0.333 e. The zero-order valence-corrected chi connectivity index (χ0v) is 13.5. The van der Waals surface area contributed by atoms with Gasteiger partial charge in [0.05, 0.1) is 6.42 Å². The van der Waals surface area contributed by atoms with Crippen LogP contribution in [-0.2, 0) is 20.8 Å². The molecule has 0 aliphatic carbocycles. The summed E-state index contributed by atoms with van der Waals surface area (Å²) in [5, 5.41) is 22.7. The molecule has 0 saturated carbocycles. The van der Waals surface area contributed by atoms with E-state index >= 15 is 0 Å². The molecular weight excluding hydrogens is 340 g/mol. The average molecular weight is 354 g/mol. The maximum absolute atomic E-state index is 12.0. The smallest absolute Gasteiger partial charge is 0.333 e. The van der Waals surface area contributed by atoms with E-state index in [1.54, 1.807) is 12.1 Å². The summed E-state index contributed by atoms with van der Waals surface area (Å²) in [6.45, 7) is 3.62. The fourth-order valence-electron chi connectivity index (χ4n) is 1.90. The number of aliphatic imine (C=N–C) groups is 1. The summed E-state index contributed by atoms with van der Waals surface area (Å²) >= 11 is 2.47. The van der Waals surface area contributed by atoms with E-state index in [-0.39, 0.29) is 17.2 Å². The van der Waals surface area contributed by atoms with E-state index in [0.717, 1.165) is 16.6 Å². The van der Waals surface area contributed by atoms with Crippen molar-refractivity contribution in [3.63, 3.8) is 0 Å². The first kappa shape index (κ1) is 17.2. The maximum atomic E-state index is 12.0. The number of hydrogen-bond acceptors (Lipinski definition) is 6. The molecule has 0 aromatic carbocycles. The normalized spacial score (nSPS) is 18.9. The molecule has 1 aromatic rings. The van der Waals surface area contributed by atoms with Gasteiger partial charge < -0.3 is 15.5 Å². The summed E-state index contributed by atoms with van der Waals surface area (Å²) < 4.78 is 0. The van der Waals surface area contributed by atoms with E-state index in [4.69, 9.17) is 5.11 Å². The van der Waals surface area contributed by atoms with Crippen LogP contribution >= 0.6 is 23.1 Å². The third-order valence-electron chi connectivity index (χ3n) is 3.00. The van der Waals surface area contributed by atoms with E-state index in [1.807, 2.05) is 5.38 Å². The Morgan fingerprint density at radius 2 is 2.17 bits per heavy atom. The quantitative estimate of drug-likeness (QED) is 0.657. The monoisotopic (exact) mass is 354 g/mol. The van der Waals surface area contributed by atoms with Crippen molar-refractivity contribution >= 4 is 46.0 Å². The Labute approximate surface area is 140 Å². The zero-order chi connectivity index (χ0) is 17.0. The summed E-state index contributed by atoms with van der Waals surface area (Å²) in [5.74, 6) is -2.69.